The van der Waals surface area contributed by atoms with Crippen LogP contribution in [0.1, 0.15) is 15.2 Å². The Labute approximate surface area is 121 Å². The van der Waals surface area contributed by atoms with Crippen LogP contribution in [0.4, 0.5) is 5.69 Å². The number of amides is 1. The minimum Gasteiger partial charge on any atom is -0.347 e. The molecule has 0 bridgehead atoms. The highest BCUT2D eigenvalue weighted by atomic mass is 79.9. The predicted octanol–water partition coefficient (Wildman–Crippen LogP) is 3.35. The molecule has 0 saturated heterocycles. The van der Waals surface area contributed by atoms with Crippen molar-refractivity contribution in [1.82, 2.24) is 5.32 Å². The van der Waals surface area contributed by atoms with Crippen LogP contribution in [0.15, 0.2) is 40.2 Å². The van der Waals surface area contributed by atoms with Crippen molar-refractivity contribution < 1.29 is 9.72 Å². The van der Waals surface area contributed by atoms with Crippen molar-refractivity contribution in [1.29, 1.82) is 0 Å². The smallest absolute Gasteiger partial charge is 0.270 e. The molecule has 0 atom stereocenters. The van der Waals surface area contributed by atoms with Gasteiger partial charge in [0.15, 0.2) is 0 Å². The van der Waals surface area contributed by atoms with Gasteiger partial charge in [0.05, 0.1) is 11.5 Å². The summed E-state index contributed by atoms with van der Waals surface area (Å²) >= 11 is 4.90. The van der Waals surface area contributed by atoms with Crippen molar-refractivity contribution in [3.05, 3.63) is 60.7 Å². The van der Waals surface area contributed by atoms with Gasteiger partial charge in [-0.3, -0.25) is 14.9 Å². The number of halogens is 1. The van der Waals surface area contributed by atoms with E-state index < -0.39 is 4.92 Å². The molecule has 1 N–H and O–H groups in total. The molecule has 1 amide bonds. The lowest BCUT2D eigenvalue weighted by atomic mass is 10.2. The Morgan fingerprint density at radius 3 is 2.84 bits per heavy atom. The SMILES string of the molecule is O=C(NCc1sccc1Br)c1cccc([N+](=O)[O-])c1. The Balaban J connectivity index is 2.06. The van der Waals surface area contributed by atoms with Crippen LogP contribution in [0.25, 0.3) is 0 Å². The quantitative estimate of drug-likeness (QED) is 0.685. The van der Waals surface area contributed by atoms with E-state index in [1.807, 2.05) is 11.4 Å². The van der Waals surface area contributed by atoms with E-state index in [9.17, 15) is 14.9 Å². The van der Waals surface area contributed by atoms with Gasteiger partial charge in [-0.05, 0) is 33.4 Å². The lowest BCUT2D eigenvalue weighted by Gasteiger charge is -2.04. The topological polar surface area (TPSA) is 72.2 Å². The van der Waals surface area contributed by atoms with Crippen LogP contribution in [0.3, 0.4) is 0 Å². The largest absolute Gasteiger partial charge is 0.347 e. The predicted molar refractivity (Wildman–Crippen MR) is 76.3 cm³/mol. The Bertz CT molecular complexity index is 627. The van der Waals surface area contributed by atoms with Crippen LogP contribution in [-0.2, 0) is 6.54 Å². The standard InChI is InChI=1S/C12H9BrN2O3S/c13-10-4-5-19-11(10)7-14-12(16)8-2-1-3-9(6-8)15(17)18/h1-6H,7H2,(H,14,16). The number of hydrogen-bond donors (Lipinski definition) is 1. The first-order valence-corrected chi connectivity index (χ1v) is 6.99. The van der Waals surface area contributed by atoms with Crippen molar-refractivity contribution in [3.8, 4) is 0 Å². The van der Waals surface area contributed by atoms with Gasteiger partial charge in [-0.1, -0.05) is 6.07 Å². The van der Waals surface area contributed by atoms with Gasteiger partial charge in [0.25, 0.3) is 11.6 Å². The van der Waals surface area contributed by atoms with Crippen molar-refractivity contribution >= 4 is 38.9 Å². The highest BCUT2D eigenvalue weighted by Gasteiger charge is 2.11. The second-order valence-corrected chi connectivity index (χ2v) is 5.54. The molecule has 0 aliphatic rings. The van der Waals surface area contributed by atoms with Crippen molar-refractivity contribution in [2.75, 3.05) is 0 Å². The average molecular weight is 341 g/mol. The van der Waals surface area contributed by atoms with Crippen LogP contribution in [0.5, 0.6) is 0 Å². The van der Waals surface area contributed by atoms with E-state index in [2.05, 4.69) is 21.2 Å². The Kier molecular flexibility index (Phi) is 4.28. The van der Waals surface area contributed by atoms with Gasteiger partial charge in [-0.15, -0.1) is 11.3 Å². The zero-order chi connectivity index (χ0) is 13.8. The van der Waals surface area contributed by atoms with Crippen LogP contribution < -0.4 is 5.32 Å². The molecule has 5 nitrogen and oxygen atoms in total. The van der Waals surface area contributed by atoms with E-state index in [0.717, 1.165) is 9.35 Å². The summed E-state index contributed by atoms with van der Waals surface area (Å²) in [5, 5.41) is 15.3. The second-order valence-electron chi connectivity index (χ2n) is 3.68. The third-order valence-electron chi connectivity index (χ3n) is 2.42. The number of nitrogens with one attached hydrogen (secondary N) is 1. The minimum absolute atomic E-state index is 0.0926. The van der Waals surface area contributed by atoms with E-state index in [1.54, 1.807) is 6.07 Å². The number of benzene rings is 1. The molecule has 1 aromatic carbocycles. The molecule has 0 unspecified atom stereocenters. The second kappa shape index (κ2) is 5.94. The molecule has 0 saturated carbocycles. The number of non-ortho nitro benzene ring substituents is 1. The molecule has 1 aromatic heterocycles. The molecule has 0 aliphatic carbocycles. The summed E-state index contributed by atoms with van der Waals surface area (Å²) in [6.45, 7) is 0.389. The monoisotopic (exact) mass is 340 g/mol. The fourth-order valence-electron chi connectivity index (χ4n) is 1.47. The third-order valence-corrected chi connectivity index (χ3v) is 4.35. The summed E-state index contributed by atoms with van der Waals surface area (Å²) in [5.41, 5.74) is 0.187. The fourth-order valence-corrected chi connectivity index (χ4v) is 2.91. The maximum absolute atomic E-state index is 11.9. The maximum atomic E-state index is 11.9. The molecule has 2 aromatic rings. The number of nitro groups is 1. The van der Waals surface area contributed by atoms with Gasteiger partial charge in [-0.25, -0.2) is 0 Å². The number of nitro benzene ring substituents is 1. The lowest BCUT2D eigenvalue weighted by molar-refractivity contribution is -0.384. The van der Waals surface area contributed by atoms with Gasteiger partial charge >= 0.3 is 0 Å². The normalized spacial score (nSPS) is 10.2. The van der Waals surface area contributed by atoms with Gasteiger partial charge < -0.3 is 5.32 Å². The molecule has 0 radical (unpaired) electrons. The van der Waals surface area contributed by atoms with Crippen LogP contribution in [0.2, 0.25) is 0 Å². The molecule has 19 heavy (non-hydrogen) atoms. The molecule has 2 rings (SSSR count). The third kappa shape index (κ3) is 3.39. The van der Waals surface area contributed by atoms with Crippen molar-refractivity contribution in [2.45, 2.75) is 6.54 Å². The summed E-state index contributed by atoms with van der Waals surface area (Å²) in [7, 11) is 0. The van der Waals surface area contributed by atoms with E-state index in [4.69, 9.17) is 0 Å². The number of thiophene rings is 1. The molecular weight excluding hydrogens is 332 g/mol. The Morgan fingerprint density at radius 1 is 1.42 bits per heavy atom. The number of carbonyl (C=O) groups excluding carboxylic acids is 1. The van der Waals surface area contributed by atoms with Crippen LogP contribution >= 0.6 is 27.3 Å². The number of hydrogen-bond acceptors (Lipinski definition) is 4. The first kappa shape index (κ1) is 13.7. The highest BCUT2D eigenvalue weighted by molar-refractivity contribution is 9.10. The molecule has 0 spiro atoms. The summed E-state index contributed by atoms with van der Waals surface area (Å²) in [6.07, 6.45) is 0. The molecule has 0 aliphatic heterocycles. The van der Waals surface area contributed by atoms with Gasteiger partial charge in [0, 0.05) is 27.0 Å². The van der Waals surface area contributed by atoms with Crippen LogP contribution in [0, 0.1) is 10.1 Å². The number of rotatable bonds is 4. The first-order chi connectivity index (χ1) is 9.08. The highest BCUT2D eigenvalue weighted by Crippen LogP contribution is 2.22. The first-order valence-electron chi connectivity index (χ1n) is 5.32. The van der Waals surface area contributed by atoms with E-state index in [1.165, 1.54) is 29.5 Å². The van der Waals surface area contributed by atoms with E-state index >= 15 is 0 Å². The zero-order valence-corrected chi connectivity index (χ0v) is 12.0. The molecule has 98 valence electrons. The van der Waals surface area contributed by atoms with Gasteiger partial charge in [0.1, 0.15) is 0 Å². The maximum Gasteiger partial charge on any atom is 0.270 e. The molecule has 7 heteroatoms. The Morgan fingerprint density at radius 2 is 2.21 bits per heavy atom. The average Bonchev–Trinajstić information content (AvgIpc) is 2.81. The van der Waals surface area contributed by atoms with Crippen molar-refractivity contribution in [3.63, 3.8) is 0 Å². The summed E-state index contributed by atoms with van der Waals surface area (Å²) in [4.78, 5) is 23.0. The van der Waals surface area contributed by atoms with E-state index in [0.29, 0.717) is 6.54 Å². The summed E-state index contributed by atoms with van der Waals surface area (Å²) < 4.78 is 0.942. The van der Waals surface area contributed by atoms with Gasteiger partial charge in [-0.2, -0.15) is 0 Å². The summed E-state index contributed by atoms with van der Waals surface area (Å²) in [5.74, 6) is -0.330. The van der Waals surface area contributed by atoms with E-state index in [-0.39, 0.29) is 17.2 Å². The van der Waals surface area contributed by atoms with Crippen molar-refractivity contribution in [2.24, 2.45) is 0 Å². The number of nitrogens with zero attached hydrogens (tertiary/aromatic N) is 1. The number of carbonyl (C=O) groups is 1. The van der Waals surface area contributed by atoms with Gasteiger partial charge in [0.2, 0.25) is 0 Å². The molecule has 1 heterocycles. The zero-order valence-electron chi connectivity index (χ0n) is 9.63. The van der Waals surface area contributed by atoms with Crippen LogP contribution in [-0.4, -0.2) is 10.8 Å². The lowest BCUT2D eigenvalue weighted by Crippen LogP contribution is -2.22. The molecular formula is C12H9BrN2O3S. The summed E-state index contributed by atoms with van der Waals surface area (Å²) in [6, 6.07) is 7.56. The fraction of sp³-hybridized carbons (Fsp3) is 0.0833. The minimum atomic E-state index is -0.521. The molecule has 0 fully saturated rings. The Hall–Kier alpha value is -1.73.